The molecule has 3 aromatic rings. The van der Waals surface area contributed by atoms with Gasteiger partial charge in [-0.3, -0.25) is 4.79 Å². The normalized spacial score (nSPS) is 17.4. The lowest BCUT2D eigenvalue weighted by Gasteiger charge is -2.28. The summed E-state index contributed by atoms with van der Waals surface area (Å²) in [5.74, 6) is 4.11. The van der Waals surface area contributed by atoms with Gasteiger partial charge < -0.3 is 19.3 Å². The number of carbonyl (C=O) groups is 1. The van der Waals surface area contributed by atoms with Crippen molar-refractivity contribution in [3.8, 4) is 22.8 Å². The van der Waals surface area contributed by atoms with E-state index in [9.17, 15) is 9.90 Å². The zero-order valence-corrected chi connectivity index (χ0v) is 27.5. The van der Waals surface area contributed by atoms with Crippen LogP contribution in [0.2, 0.25) is 0 Å². The third-order valence-corrected chi connectivity index (χ3v) is 7.92. The molecule has 1 aliphatic carbocycles. The Morgan fingerprint density at radius 2 is 1.40 bits per heavy atom. The highest BCUT2D eigenvalue weighted by Crippen LogP contribution is 2.41. The second kappa shape index (κ2) is 11.9. The fraction of sp³-hybridized carbons (Fsp3) is 0.282. The number of aliphatic hydroxyl groups is 1. The van der Waals surface area contributed by atoms with Gasteiger partial charge in [0.25, 0.3) is 0 Å². The summed E-state index contributed by atoms with van der Waals surface area (Å²) in [6.45, 7) is 14.3. The van der Waals surface area contributed by atoms with Crippen LogP contribution in [0.4, 0.5) is 0 Å². The molecule has 2 aliphatic rings. The smallest absolute Gasteiger partial charge is 0.360 e. The van der Waals surface area contributed by atoms with Crippen LogP contribution in [0.1, 0.15) is 65.4 Å². The molecule has 1 N–H and O–H groups in total. The Balaban J connectivity index is 1.57. The summed E-state index contributed by atoms with van der Waals surface area (Å²) in [5, 5.41) is 11.3. The summed E-state index contributed by atoms with van der Waals surface area (Å²) in [5.41, 5.74) is 4.02. The van der Waals surface area contributed by atoms with Gasteiger partial charge in [0, 0.05) is 17.0 Å². The van der Waals surface area contributed by atoms with Gasteiger partial charge in [-0.15, -0.1) is 0 Å². The number of hydrogen-bond acceptors (Lipinski definition) is 5. The van der Waals surface area contributed by atoms with Crippen molar-refractivity contribution in [1.29, 1.82) is 0 Å². The van der Waals surface area contributed by atoms with Crippen LogP contribution >= 0.6 is 0 Å². The van der Waals surface area contributed by atoms with E-state index in [-0.39, 0.29) is 27.9 Å². The third-order valence-electron chi connectivity index (χ3n) is 7.92. The third kappa shape index (κ3) is 6.51. The van der Waals surface area contributed by atoms with Crippen LogP contribution in [0.3, 0.4) is 0 Å². The van der Waals surface area contributed by atoms with Crippen LogP contribution in [0.5, 0.6) is 11.5 Å². The number of rotatable bonds is 6. The minimum absolute atomic E-state index is 0.0225. The van der Waals surface area contributed by atoms with Gasteiger partial charge in [0.05, 0.1) is 42.4 Å². The molecule has 45 heavy (non-hydrogen) atoms. The molecule has 0 fully saturated rings. The van der Waals surface area contributed by atoms with E-state index in [1.165, 1.54) is 0 Å². The van der Waals surface area contributed by atoms with E-state index >= 15 is 0 Å². The maximum absolute atomic E-state index is 13.6. The van der Waals surface area contributed by atoms with Crippen molar-refractivity contribution in [2.45, 2.75) is 53.9 Å². The van der Waals surface area contributed by atoms with Gasteiger partial charge in [-0.25, -0.2) is 4.42 Å². The molecule has 0 bridgehead atoms. The van der Waals surface area contributed by atoms with E-state index in [1.54, 1.807) is 20.3 Å². The maximum Gasteiger partial charge on any atom is 0.360 e. The number of benzene rings is 2. The van der Waals surface area contributed by atoms with E-state index < -0.39 is 0 Å². The van der Waals surface area contributed by atoms with Crippen LogP contribution in [0, 0.1) is 5.41 Å². The molecule has 1 aliphatic heterocycles. The average Bonchev–Trinajstić information content (AvgIpc) is 3.02. The predicted octanol–water partition coefficient (Wildman–Crippen LogP) is 9.64. The van der Waals surface area contributed by atoms with E-state index in [2.05, 4.69) is 41.5 Å². The Morgan fingerprint density at radius 1 is 0.822 bits per heavy atom. The summed E-state index contributed by atoms with van der Waals surface area (Å²) in [7, 11) is 3.26. The minimum atomic E-state index is -0.284. The predicted molar refractivity (Wildman–Crippen MR) is 179 cm³/mol. The standard InChI is InChI=1S/C39H40O6/c1-23(27-21-32(45-34(22-27)39(5,6)7)26-12-16-29(43-9)17-13-26)35-36(40)30(37(35)41)18-24-19-31(44-33(20-24)38(2,3)4)25-10-14-28(42-8)15-11-25/h10-22H,1-9H3/p+1. The van der Waals surface area contributed by atoms with Crippen molar-refractivity contribution < 1.29 is 28.5 Å². The second-order valence-corrected chi connectivity index (χ2v) is 13.4. The molecule has 0 saturated heterocycles. The topological polar surface area (TPSA) is 76.3 Å². The zero-order valence-electron chi connectivity index (χ0n) is 27.5. The number of ether oxygens (including phenoxy) is 3. The van der Waals surface area contributed by atoms with Crippen LogP contribution in [0.15, 0.2) is 112 Å². The van der Waals surface area contributed by atoms with Gasteiger partial charge in [0.15, 0.2) is 0 Å². The first-order valence-electron chi connectivity index (χ1n) is 15.0. The Bertz CT molecular complexity index is 1800. The number of carbonyl (C=O) groups excluding carboxylic acids is 1. The number of allylic oxidation sites excluding steroid dienone is 8. The summed E-state index contributed by atoms with van der Waals surface area (Å²) in [4.78, 5) is 13.6. The van der Waals surface area contributed by atoms with Gasteiger partial charge in [-0.05, 0) is 111 Å². The molecule has 0 unspecified atom stereocenters. The number of hydrogen-bond donors (Lipinski definition) is 1. The van der Waals surface area contributed by atoms with Crippen molar-refractivity contribution in [2.75, 3.05) is 14.2 Å². The summed E-state index contributed by atoms with van der Waals surface area (Å²) < 4.78 is 23.2. The highest BCUT2D eigenvalue weighted by Gasteiger charge is 2.37. The lowest BCUT2D eigenvalue weighted by atomic mass is 9.81. The van der Waals surface area contributed by atoms with Gasteiger partial charge in [-0.1, -0.05) is 20.8 Å². The molecule has 0 radical (unpaired) electrons. The van der Waals surface area contributed by atoms with Crippen molar-refractivity contribution >= 4 is 17.1 Å². The average molecular weight is 606 g/mol. The van der Waals surface area contributed by atoms with Crippen LogP contribution in [-0.4, -0.2) is 25.1 Å². The summed E-state index contributed by atoms with van der Waals surface area (Å²) >= 11 is 0. The largest absolute Gasteiger partial charge is 0.506 e. The minimum Gasteiger partial charge on any atom is -0.506 e. The first-order valence-corrected chi connectivity index (χ1v) is 15.0. The molecule has 0 atom stereocenters. The number of Topliss-reactive ketones (excluding diaryl/α,β-unsaturated/α-hetero) is 1. The first kappa shape index (κ1) is 31.6. The fourth-order valence-corrected chi connectivity index (χ4v) is 5.07. The van der Waals surface area contributed by atoms with Gasteiger partial charge in [0.2, 0.25) is 5.78 Å². The van der Waals surface area contributed by atoms with Gasteiger partial charge >= 0.3 is 11.5 Å². The Kier molecular flexibility index (Phi) is 8.37. The highest BCUT2D eigenvalue weighted by atomic mass is 16.5. The zero-order chi connectivity index (χ0) is 32.7. The summed E-state index contributed by atoms with van der Waals surface area (Å²) in [6, 6.07) is 19.1. The Labute approximate surface area is 265 Å². The van der Waals surface area contributed by atoms with E-state index in [0.29, 0.717) is 22.7 Å². The van der Waals surface area contributed by atoms with Crippen molar-refractivity contribution in [1.82, 2.24) is 0 Å². The molecule has 232 valence electrons. The van der Waals surface area contributed by atoms with E-state index in [1.807, 2.05) is 79.7 Å². The Hall–Kier alpha value is -4.84. The first-order chi connectivity index (χ1) is 21.2. The molecule has 0 amide bonds. The molecule has 0 spiro atoms. The fourth-order valence-electron chi connectivity index (χ4n) is 5.07. The molecule has 5 rings (SSSR count). The number of ketones is 1. The van der Waals surface area contributed by atoms with Gasteiger partial charge in [-0.2, -0.15) is 0 Å². The molecule has 6 nitrogen and oxygen atoms in total. The van der Waals surface area contributed by atoms with Gasteiger partial charge in [0.1, 0.15) is 28.8 Å². The highest BCUT2D eigenvalue weighted by molar-refractivity contribution is 6.24. The lowest BCUT2D eigenvalue weighted by Crippen LogP contribution is -2.23. The maximum atomic E-state index is 13.6. The molecule has 2 heterocycles. The monoisotopic (exact) mass is 605 g/mol. The number of aliphatic hydroxyl groups excluding tert-OH is 1. The lowest BCUT2D eigenvalue weighted by molar-refractivity contribution is -0.113. The molecule has 6 heteroatoms. The van der Waals surface area contributed by atoms with Crippen LogP contribution in [0.25, 0.3) is 22.7 Å². The molecule has 0 saturated carbocycles. The van der Waals surface area contributed by atoms with Crippen molar-refractivity contribution in [3.05, 3.63) is 124 Å². The van der Waals surface area contributed by atoms with Crippen LogP contribution < -0.4 is 9.47 Å². The Morgan fingerprint density at radius 3 is 1.91 bits per heavy atom. The second-order valence-electron chi connectivity index (χ2n) is 13.4. The SMILES string of the molecule is COc1ccc(C2=CC(=CC3=C(O)C(=C(C)c4cc(-c5ccc(OC)cc5)[o+]c(C(C)(C)C)c4)C3=O)C=C(C(C)(C)C)O2)cc1. The molecular weight excluding hydrogens is 564 g/mol. The molecule has 2 aromatic carbocycles. The van der Waals surface area contributed by atoms with E-state index in [0.717, 1.165) is 45.3 Å². The van der Waals surface area contributed by atoms with Crippen molar-refractivity contribution in [3.63, 3.8) is 0 Å². The van der Waals surface area contributed by atoms with E-state index in [4.69, 9.17) is 18.6 Å². The summed E-state index contributed by atoms with van der Waals surface area (Å²) in [6.07, 6.45) is 5.54. The molecule has 1 aromatic heterocycles. The van der Waals surface area contributed by atoms with Crippen LogP contribution in [-0.2, 0) is 14.9 Å². The quantitative estimate of drug-likeness (QED) is 0.223. The van der Waals surface area contributed by atoms with Crippen molar-refractivity contribution in [2.24, 2.45) is 5.41 Å². The number of methoxy groups -OCH3 is 2. The molecular formula is C39H41O6+.